The minimum Gasteiger partial charge on any atom is -0.493 e. The van der Waals surface area contributed by atoms with Gasteiger partial charge in [-0.2, -0.15) is 5.26 Å². The number of carbonyl (C=O) groups is 1. The molecule has 5 nitrogen and oxygen atoms in total. The molecule has 26 heavy (non-hydrogen) atoms. The van der Waals surface area contributed by atoms with Crippen LogP contribution in [-0.2, 0) is 4.79 Å². The number of aryl methyl sites for hydroxylation is 1. The fraction of sp³-hybridized carbons (Fsp3) is 0.200. The zero-order valence-electron chi connectivity index (χ0n) is 14.8. The molecule has 2 aromatic carbocycles. The molecule has 0 fully saturated rings. The fourth-order valence-electron chi connectivity index (χ4n) is 2.32. The van der Waals surface area contributed by atoms with Crippen LogP contribution in [0, 0.1) is 21.8 Å². The number of nitrogens with one attached hydrogen (secondary N) is 1. The van der Waals surface area contributed by atoms with Crippen LogP contribution in [0.5, 0.6) is 11.5 Å². The van der Waals surface area contributed by atoms with E-state index >= 15 is 0 Å². The number of rotatable bonds is 6. The summed E-state index contributed by atoms with van der Waals surface area (Å²) in [6, 6.07) is 12.9. The second-order valence-electron chi connectivity index (χ2n) is 5.43. The Morgan fingerprint density at radius 2 is 2.04 bits per heavy atom. The van der Waals surface area contributed by atoms with E-state index in [1.807, 2.05) is 38.1 Å². The smallest absolute Gasteiger partial charge is 0.266 e. The summed E-state index contributed by atoms with van der Waals surface area (Å²) in [5, 5.41) is 12.2. The number of methoxy groups -OCH3 is 1. The van der Waals surface area contributed by atoms with E-state index in [4.69, 9.17) is 9.47 Å². The van der Waals surface area contributed by atoms with Crippen LogP contribution in [-0.4, -0.2) is 19.6 Å². The van der Waals surface area contributed by atoms with Gasteiger partial charge in [-0.3, -0.25) is 4.79 Å². The number of hydrogen-bond donors (Lipinski definition) is 1. The predicted molar refractivity (Wildman–Crippen MR) is 110 cm³/mol. The monoisotopic (exact) mass is 462 g/mol. The van der Waals surface area contributed by atoms with Gasteiger partial charge in [0.15, 0.2) is 11.5 Å². The number of hydrogen-bond acceptors (Lipinski definition) is 4. The normalized spacial score (nSPS) is 10.8. The number of ether oxygens (including phenoxy) is 2. The summed E-state index contributed by atoms with van der Waals surface area (Å²) in [5.74, 6) is 0.709. The predicted octanol–water partition coefficient (Wildman–Crippen LogP) is 4.55. The Balaban J connectivity index is 2.26. The van der Waals surface area contributed by atoms with E-state index in [2.05, 4.69) is 27.9 Å². The van der Waals surface area contributed by atoms with E-state index in [0.717, 1.165) is 9.13 Å². The number of nitrogens with zero attached hydrogens (tertiary/aromatic N) is 1. The van der Waals surface area contributed by atoms with Gasteiger partial charge in [-0.25, -0.2) is 0 Å². The molecule has 2 rings (SSSR count). The Bertz CT molecular complexity index is 885. The van der Waals surface area contributed by atoms with Crippen molar-refractivity contribution in [2.45, 2.75) is 13.8 Å². The summed E-state index contributed by atoms with van der Waals surface area (Å²) in [6.07, 6.45) is 1.52. The lowest BCUT2D eigenvalue weighted by Gasteiger charge is -2.10. The highest BCUT2D eigenvalue weighted by Crippen LogP contribution is 2.29. The Labute approximate surface area is 166 Å². The van der Waals surface area contributed by atoms with E-state index < -0.39 is 5.91 Å². The van der Waals surface area contributed by atoms with E-state index in [9.17, 15) is 10.1 Å². The molecule has 2 aromatic rings. The van der Waals surface area contributed by atoms with Crippen molar-refractivity contribution < 1.29 is 14.3 Å². The van der Waals surface area contributed by atoms with Crippen LogP contribution in [0.4, 0.5) is 5.69 Å². The standard InChI is InChI=1S/C20H19IN2O3/c1-4-26-18-8-5-14(11-19(18)25-3)10-15(12-22)20(24)23-17-7-6-16(21)9-13(17)2/h5-11H,4H2,1-3H3,(H,23,24)/b15-10-. The molecule has 1 N–H and O–H groups in total. The van der Waals surface area contributed by atoms with Crippen LogP contribution >= 0.6 is 22.6 Å². The average molecular weight is 462 g/mol. The van der Waals surface area contributed by atoms with Crippen molar-refractivity contribution in [2.75, 3.05) is 19.0 Å². The van der Waals surface area contributed by atoms with Crippen LogP contribution in [0.2, 0.25) is 0 Å². The van der Waals surface area contributed by atoms with Gasteiger partial charge < -0.3 is 14.8 Å². The van der Waals surface area contributed by atoms with Gasteiger partial charge in [0.2, 0.25) is 0 Å². The number of halogens is 1. The largest absolute Gasteiger partial charge is 0.493 e. The Morgan fingerprint density at radius 3 is 2.65 bits per heavy atom. The SMILES string of the molecule is CCOc1ccc(/C=C(/C#N)C(=O)Nc2ccc(I)cc2C)cc1OC. The second kappa shape index (κ2) is 9.25. The molecule has 0 aliphatic heterocycles. The molecule has 0 saturated heterocycles. The van der Waals surface area contributed by atoms with Gasteiger partial charge in [-0.1, -0.05) is 6.07 Å². The molecule has 1 amide bonds. The highest BCUT2D eigenvalue weighted by molar-refractivity contribution is 14.1. The maximum atomic E-state index is 12.4. The molecule has 134 valence electrons. The molecular formula is C20H19IN2O3. The molecule has 0 saturated carbocycles. The number of amides is 1. The first-order valence-electron chi connectivity index (χ1n) is 7.98. The lowest BCUT2D eigenvalue weighted by Crippen LogP contribution is -2.14. The first kappa shape index (κ1) is 19.8. The maximum Gasteiger partial charge on any atom is 0.266 e. The van der Waals surface area contributed by atoms with E-state index in [0.29, 0.717) is 29.4 Å². The molecule has 0 atom stereocenters. The van der Waals surface area contributed by atoms with Crippen molar-refractivity contribution in [3.8, 4) is 17.6 Å². The zero-order chi connectivity index (χ0) is 19.1. The second-order valence-corrected chi connectivity index (χ2v) is 6.67. The van der Waals surface area contributed by atoms with Gasteiger partial charge in [0, 0.05) is 9.26 Å². The van der Waals surface area contributed by atoms with Gasteiger partial charge in [-0.15, -0.1) is 0 Å². The van der Waals surface area contributed by atoms with Crippen molar-refractivity contribution in [3.63, 3.8) is 0 Å². The van der Waals surface area contributed by atoms with Gasteiger partial charge >= 0.3 is 0 Å². The third-order valence-electron chi connectivity index (χ3n) is 3.60. The van der Waals surface area contributed by atoms with Gasteiger partial charge in [0.25, 0.3) is 5.91 Å². The highest BCUT2D eigenvalue weighted by atomic mass is 127. The highest BCUT2D eigenvalue weighted by Gasteiger charge is 2.12. The van der Waals surface area contributed by atoms with E-state index in [1.54, 1.807) is 25.3 Å². The summed E-state index contributed by atoms with van der Waals surface area (Å²) >= 11 is 2.21. The first-order valence-corrected chi connectivity index (χ1v) is 9.06. The fourth-order valence-corrected chi connectivity index (χ4v) is 2.97. The number of carbonyl (C=O) groups excluding carboxylic acids is 1. The molecule has 0 heterocycles. The van der Waals surface area contributed by atoms with Crippen molar-refractivity contribution in [1.82, 2.24) is 0 Å². The zero-order valence-corrected chi connectivity index (χ0v) is 17.0. The lowest BCUT2D eigenvalue weighted by molar-refractivity contribution is -0.112. The maximum absolute atomic E-state index is 12.4. The van der Waals surface area contributed by atoms with Crippen molar-refractivity contribution >= 4 is 40.3 Å². The van der Waals surface area contributed by atoms with Crippen molar-refractivity contribution in [1.29, 1.82) is 5.26 Å². The van der Waals surface area contributed by atoms with Crippen LogP contribution in [0.1, 0.15) is 18.1 Å². The van der Waals surface area contributed by atoms with Crippen LogP contribution < -0.4 is 14.8 Å². The van der Waals surface area contributed by atoms with Crippen LogP contribution in [0.3, 0.4) is 0 Å². The Kier molecular flexibility index (Phi) is 7.04. The summed E-state index contributed by atoms with van der Waals surface area (Å²) < 4.78 is 11.9. The average Bonchev–Trinajstić information content (AvgIpc) is 2.63. The van der Waals surface area contributed by atoms with E-state index in [-0.39, 0.29) is 5.57 Å². The molecular weight excluding hydrogens is 443 g/mol. The molecule has 6 heteroatoms. The minimum atomic E-state index is -0.454. The van der Waals surface area contributed by atoms with Gasteiger partial charge in [0.1, 0.15) is 11.6 Å². The number of anilines is 1. The van der Waals surface area contributed by atoms with Crippen molar-refractivity contribution in [3.05, 3.63) is 56.7 Å². The van der Waals surface area contributed by atoms with Gasteiger partial charge in [0.05, 0.1) is 13.7 Å². The third kappa shape index (κ3) is 4.99. The molecule has 0 radical (unpaired) electrons. The van der Waals surface area contributed by atoms with Crippen LogP contribution in [0.15, 0.2) is 42.0 Å². The molecule has 0 aromatic heterocycles. The van der Waals surface area contributed by atoms with Gasteiger partial charge in [-0.05, 0) is 84.0 Å². The number of nitriles is 1. The quantitative estimate of drug-likeness (QED) is 0.389. The molecule has 0 aliphatic rings. The molecule has 0 spiro atoms. The summed E-state index contributed by atoms with van der Waals surface area (Å²) in [5.41, 5.74) is 2.30. The lowest BCUT2D eigenvalue weighted by atomic mass is 10.1. The Hall–Kier alpha value is -2.53. The molecule has 0 aliphatic carbocycles. The Morgan fingerprint density at radius 1 is 1.27 bits per heavy atom. The summed E-state index contributed by atoms with van der Waals surface area (Å²) in [7, 11) is 1.54. The van der Waals surface area contributed by atoms with Crippen LogP contribution in [0.25, 0.3) is 6.08 Å². The summed E-state index contributed by atoms with van der Waals surface area (Å²) in [4.78, 5) is 12.4. The molecule has 0 bridgehead atoms. The third-order valence-corrected chi connectivity index (χ3v) is 4.27. The topological polar surface area (TPSA) is 71.3 Å². The van der Waals surface area contributed by atoms with Crippen molar-refractivity contribution in [2.24, 2.45) is 0 Å². The minimum absolute atomic E-state index is 0.00848. The summed E-state index contributed by atoms with van der Waals surface area (Å²) in [6.45, 7) is 4.32. The van der Waals surface area contributed by atoms with E-state index in [1.165, 1.54) is 6.08 Å². The first-order chi connectivity index (χ1) is 12.5. The number of benzene rings is 2. The molecule has 0 unspecified atom stereocenters.